The van der Waals surface area contributed by atoms with Gasteiger partial charge >= 0.3 is 0 Å². The quantitative estimate of drug-likeness (QED) is 0.749. The van der Waals surface area contributed by atoms with Crippen LogP contribution in [0.5, 0.6) is 0 Å². The van der Waals surface area contributed by atoms with E-state index < -0.39 is 11.7 Å². The molecule has 0 aliphatic rings. The Labute approximate surface area is 71.5 Å². The molecule has 55 valence electrons. The maximum atomic E-state index is 8.66. The van der Waals surface area contributed by atoms with Crippen molar-refractivity contribution in [3.05, 3.63) is 6.29 Å². The first-order chi connectivity index (χ1) is 3.89. The minimum atomic E-state index is -0.639. The molecule has 4 heteroatoms. The maximum Gasteiger partial charge on any atom is 0.226 e. The zero-order valence-corrected chi connectivity index (χ0v) is 8.40. The molecule has 0 heterocycles. The van der Waals surface area contributed by atoms with Gasteiger partial charge < -0.3 is 10.2 Å². The van der Waals surface area contributed by atoms with Gasteiger partial charge in [0.15, 0.2) is 0 Å². The molecule has 2 N–H and O–H groups in total. The lowest BCUT2D eigenvalue weighted by Crippen LogP contribution is -2.27. The van der Waals surface area contributed by atoms with Gasteiger partial charge in [-0.05, 0) is 0 Å². The second kappa shape index (κ2) is 3.32. The van der Waals surface area contributed by atoms with Crippen LogP contribution in [-0.2, 0) is 0 Å². The number of alkyl halides is 2. The SMILES string of the molecule is CC(C)([C](O)O)C(Br)Br. The first-order valence-corrected chi connectivity index (χ1v) is 4.25. The van der Waals surface area contributed by atoms with Crippen molar-refractivity contribution in [2.45, 2.75) is 17.6 Å². The molecule has 0 spiro atoms. The molecule has 9 heavy (non-hydrogen) atoms. The lowest BCUT2D eigenvalue weighted by molar-refractivity contribution is 0.00214. The molecular weight excluding hydrogens is 252 g/mol. The summed E-state index contributed by atoms with van der Waals surface area (Å²) in [5, 5.41) is 17.3. The van der Waals surface area contributed by atoms with Gasteiger partial charge in [-0.1, -0.05) is 45.7 Å². The summed E-state index contributed by atoms with van der Waals surface area (Å²) in [4.78, 5) is 0. The van der Waals surface area contributed by atoms with E-state index in [1.807, 2.05) is 0 Å². The van der Waals surface area contributed by atoms with Gasteiger partial charge in [-0.3, -0.25) is 0 Å². The molecule has 0 amide bonds. The summed E-state index contributed by atoms with van der Waals surface area (Å²) in [6, 6.07) is 0. The zero-order chi connectivity index (χ0) is 7.65. The van der Waals surface area contributed by atoms with Crippen molar-refractivity contribution >= 4 is 31.9 Å². The summed E-state index contributed by atoms with van der Waals surface area (Å²) in [5.74, 6) is 0. The predicted octanol–water partition coefficient (Wildman–Crippen LogP) is 2.36. The topological polar surface area (TPSA) is 40.5 Å². The highest BCUT2D eigenvalue weighted by atomic mass is 79.9. The molecule has 0 fully saturated rings. The minimum absolute atomic E-state index is 0.123. The Morgan fingerprint density at radius 1 is 1.33 bits per heavy atom. The Bertz CT molecular complexity index is 81.0. The molecule has 0 aliphatic carbocycles. The number of hydrogen-bond acceptors (Lipinski definition) is 2. The van der Waals surface area contributed by atoms with Crippen LogP contribution in [0.2, 0.25) is 0 Å². The smallest absolute Gasteiger partial charge is 0.226 e. The van der Waals surface area contributed by atoms with Crippen LogP contribution in [0, 0.1) is 11.7 Å². The molecule has 0 aromatic rings. The van der Waals surface area contributed by atoms with Crippen LogP contribution in [0.4, 0.5) is 0 Å². The maximum absolute atomic E-state index is 8.66. The van der Waals surface area contributed by atoms with Gasteiger partial charge in [0.2, 0.25) is 6.29 Å². The standard InChI is InChI=1S/C5H9Br2O2/c1-5(2,3(6)7)4(8)9/h3,8-9H,1-2H3. The van der Waals surface area contributed by atoms with Gasteiger partial charge in [-0.25, -0.2) is 0 Å². The first kappa shape index (κ1) is 9.88. The van der Waals surface area contributed by atoms with Crippen molar-refractivity contribution < 1.29 is 10.2 Å². The van der Waals surface area contributed by atoms with Crippen molar-refractivity contribution in [1.82, 2.24) is 0 Å². The molecule has 0 rings (SSSR count). The first-order valence-electron chi connectivity index (χ1n) is 2.42. The monoisotopic (exact) mass is 259 g/mol. The third-order valence-electron chi connectivity index (χ3n) is 1.12. The molecule has 0 aliphatic heterocycles. The second-order valence-corrected chi connectivity index (χ2v) is 5.41. The van der Waals surface area contributed by atoms with Crippen LogP contribution in [0.1, 0.15) is 13.8 Å². The van der Waals surface area contributed by atoms with Crippen LogP contribution < -0.4 is 0 Å². The highest BCUT2D eigenvalue weighted by Crippen LogP contribution is 2.37. The number of aliphatic hydroxyl groups excluding tert-OH is 1. The third-order valence-corrected chi connectivity index (χ3v) is 3.41. The third kappa shape index (κ3) is 2.53. The van der Waals surface area contributed by atoms with E-state index in [0.717, 1.165) is 0 Å². The van der Waals surface area contributed by atoms with Gasteiger partial charge in [-0.2, -0.15) is 0 Å². The number of hydrogen-bond donors (Lipinski definition) is 2. The predicted molar refractivity (Wildman–Crippen MR) is 42.5 cm³/mol. The van der Waals surface area contributed by atoms with Crippen molar-refractivity contribution in [3.8, 4) is 0 Å². The average molecular weight is 261 g/mol. The normalized spacial score (nSPS) is 13.3. The molecule has 2 nitrogen and oxygen atoms in total. The Morgan fingerprint density at radius 3 is 1.67 bits per heavy atom. The summed E-state index contributed by atoms with van der Waals surface area (Å²) in [5.41, 5.74) is -0.639. The fourth-order valence-corrected chi connectivity index (χ4v) is 0.507. The second-order valence-electron chi connectivity index (χ2n) is 2.35. The Hall–Kier alpha value is 0.880. The van der Waals surface area contributed by atoms with Gasteiger partial charge in [0.05, 0.1) is 3.74 Å². The molecule has 0 aromatic heterocycles. The van der Waals surface area contributed by atoms with Crippen LogP contribution in [0.15, 0.2) is 0 Å². The van der Waals surface area contributed by atoms with Gasteiger partial charge in [0, 0.05) is 5.41 Å². The van der Waals surface area contributed by atoms with Crippen molar-refractivity contribution in [3.63, 3.8) is 0 Å². The Morgan fingerprint density at radius 2 is 1.67 bits per heavy atom. The van der Waals surface area contributed by atoms with E-state index in [9.17, 15) is 0 Å². The Kier molecular flexibility index (Phi) is 3.65. The van der Waals surface area contributed by atoms with E-state index in [0.29, 0.717) is 0 Å². The fraction of sp³-hybridized carbons (Fsp3) is 0.800. The number of rotatable bonds is 2. The minimum Gasteiger partial charge on any atom is -0.361 e. The zero-order valence-electron chi connectivity index (χ0n) is 5.23. The van der Waals surface area contributed by atoms with E-state index in [1.54, 1.807) is 13.8 Å². The molecule has 0 atom stereocenters. The number of halogens is 2. The van der Waals surface area contributed by atoms with Gasteiger partial charge in [-0.15, -0.1) is 0 Å². The summed E-state index contributed by atoms with van der Waals surface area (Å²) >= 11 is 6.34. The van der Waals surface area contributed by atoms with E-state index in [-0.39, 0.29) is 3.74 Å². The van der Waals surface area contributed by atoms with Crippen LogP contribution in [0.3, 0.4) is 0 Å². The highest BCUT2D eigenvalue weighted by Gasteiger charge is 2.33. The summed E-state index contributed by atoms with van der Waals surface area (Å²) < 4.78 is -0.123. The molecule has 0 aromatic carbocycles. The summed E-state index contributed by atoms with van der Waals surface area (Å²) in [6.45, 7) is 3.41. The van der Waals surface area contributed by atoms with Crippen LogP contribution >= 0.6 is 31.9 Å². The largest absolute Gasteiger partial charge is 0.361 e. The lowest BCUT2D eigenvalue weighted by atomic mass is 9.96. The molecule has 0 unspecified atom stereocenters. The van der Waals surface area contributed by atoms with Crippen LogP contribution in [-0.4, -0.2) is 13.9 Å². The van der Waals surface area contributed by atoms with Gasteiger partial charge in [0.1, 0.15) is 0 Å². The van der Waals surface area contributed by atoms with Gasteiger partial charge in [0.25, 0.3) is 0 Å². The summed E-state index contributed by atoms with van der Waals surface area (Å²) in [7, 11) is 0. The summed E-state index contributed by atoms with van der Waals surface area (Å²) in [6.07, 6.45) is -0.568. The molecule has 0 bridgehead atoms. The van der Waals surface area contributed by atoms with E-state index in [2.05, 4.69) is 31.9 Å². The van der Waals surface area contributed by atoms with E-state index >= 15 is 0 Å². The molecular formula is C5H9Br2O2. The van der Waals surface area contributed by atoms with Crippen LogP contribution in [0.25, 0.3) is 0 Å². The van der Waals surface area contributed by atoms with E-state index in [4.69, 9.17) is 10.2 Å². The average Bonchev–Trinajstić information content (AvgIpc) is 1.65. The van der Waals surface area contributed by atoms with Crippen molar-refractivity contribution in [2.75, 3.05) is 0 Å². The molecule has 0 saturated heterocycles. The van der Waals surface area contributed by atoms with E-state index in [1.165, 1.54) is 0 Å². The highest BCUT2D eigenvalue weighted by molar-refractivity contribution is 9.24. The number of aliphatic hydroxyl groups is 2. The molecule has 1 radical (unpaired) electrons. The lowest BCUT2D eigenvalue weighted by Gasteiger charge is -2.26. The molecule has 0 saturated carbocycles. The fourth-order valence-electron chi connectivity index (χ4n) is 0.0976. The Balaban J connectivity index is 4.01. The van der Waals surface area contributed by atoms with Crippen molar-refractivity contribution in [1.29, 1.82) is 0 Å². The van der Waals surface area contributed by atoms with Crippen molar-refractivity contribution in [2.24, 2.45) is 5.41 Å².